The number of hydrogen-bond donors (Lipinski definition) is 2. The first-order valence-corrected chi connectivity index (χ1v) is 10.5. The molecule has 0 radical (unpaired) electrons. The summed E-state index contributed by atoms with van der Waals surface area (Å²) in [7, 11) is -3.66. The monoisotopic (exact) mass is 361 g/mol. The Hall–Kier alpha value is -1.89. The lowest BCUT2D eigenvalue weighted by atomic mass is 9.99. The Morgan fingerprint density at radius 3 is 2.32 bits per heavy atom. The second-order valence-electron chi connectivity index (χ2n) is 7.47. The number of fused-ring (bicyclic) bond motifs is 2. The van der Waals surface area contributed by atoms with Gasteiger partial charge in [-0.2, -0.15) is 0 Å². The van der Waals surface area contributed by atoms with Crippen molar-refractivity contribution in [1.29, 1.82) is 0 Å². The van der Waals surface area contributed by atoms with E-state index >= 15 is 0 Å². The second kappa shape index (κ2) is 5.83. The molecule has 0 aromatic heterocycles. The Morgan fingerprint density at radius 2 is 1.76 bits per heavy atom. The van der Waals surface area contributed by atoms with Crippen molar-refractivity contribution in [2.75, 3.05) is 11.1 Å². The van der Waals surface area contributed by atoms with E-state index in [2.05, 4.69) is 21.1 Å². The van der Waals surface area contributed by atoms with Gasteiger partial charge in [0.1, 0.15) is 0 Å². The van der Waals surface area contributed by atoms with E-state index in [0.29, 0.717) is 6.42 Å². The minimum atomic E-state index is -3.66. The molecule has 1 unspecified atom stereocenters. The van der Waals surface area contributed by atoms with E-state index in [1.54, 1.807) is 6.21 Å². The van der Waals surface area contributed by atoms with Crippen LogP contribution in [0.4, 0.5) is 10.5 Å². The number of sulfonamides is 1. The SMILES string of the molecule is CC1(CCS(=O)(=O)NC(=O)Nc2c3c(cc4c2CCC4)CCC3)C=N1. The van der Waals surface area contributed by atoms with Gasteiger partial charge in [-0.1, -0.05) is 6.07 Å². The first-order valence-electron chi connectivity index (χ1n) is 8.90. The number of amides is 2. The van der Waals surface area contributed by atoms with Crippen molar-refractivity contribution in [3.63, 3.8) is 0 Å². The molecule has 0 fully saturated rings. The maximum atomic E-state index is 12.3. The van der Waals surface area contributed by atoms with E-state index < -0.39 is 16.1 Å². The molecule has 1 aromatic carbocycles. The van der Waals surface area contributed by atoms with Gasteiger partial charge in [-0.05, 0) is 74.1 Å². The highest BCUT2D eigenvalue weighted by Crippen LogP contribution is 2.38. The number of benzene rings is 1. The van der Waals surface area contributed by atoms with Gasteiger partial charge in [0.15, 0.2) is 0 Å². The molecule has 1 aliphatic heterocycles. The normalized spacial score (nSPS) is 23.2. The molecule has 2 aliphatic carbocycles. The summed E-state index contributed by atoms with van der Waals surface area (Å²) in [5.41, 5.74) is 5.49. The molecule has 2 amide bonds. The van der Waals surface area contributed by atoms with Crippen molar-refractivity contribution in [1.82, 2.24) is 4.72 Å². The van der Waals surface area contributed by atoms with E-state index in [1.165, 1.54) is 22.3 Å². The molecule has 7 heteroatoms. The zero-order chi connectivity index (χ0) is 17.7. The van der Waals surface area contributed by atoms with Crippen LogP contribution in [0.1, 0.15) is 48.4 Å². The van der Waals surface area contributed by atoms with Crippen molar-refractivity contribution >= 4 is 28.0 Å². The van der Waals surface area contributed by atoms with Gasteiger partial charge in [0.25, 0.3) is 0 Å². The molecule has 0 bridgehead atoms. The number of carbonyl (C=O) groups is 1. The van der Waals surface area contributed by atoms with E-state index in [0.717, 1.165) is 44.2 Å². The average Bonchev–Trinajstić information content (AvgIpc) is 2.96. The fourth-order valence-electron chi connectivity index (χ4n) is 3.88. The second-order valence-corrected chi connectivity index (χ2v) is 9.32. The quantitative estimate of drug-likeness (QED) is 0.844. The molecule has 0 saturated heterocycles. The van der Waals surface area contributed by atoms with Gasteiger partial charge < -0.3 is 5.32 Å². The summed E-state index contributed by atoms with van der Waals surface area (Å²) in [6.07, 6.45) is 8.27. The van der Waals surface area contributed by atoms with Crippen LogP contribution >= 0.6 is 0 Å². The van der Waals surface area contributed by atoms with Gasteiger partial charge in [-0.3, -0.25) is 4.99 Å². The molecule has 1 heterocycles. The Labute approximate surface area is 148 Å². The lowest BCUT2D eigenvalue weighted by Crippen LogP contribution is -2.37. The van der Waals surface area contributed by atoms with Gasteiger partial charge in [0.2, 0.25) is 10.0 Å². The number of nitrogens with one attached hydrogen (secondary N) is 2. The Kier molecular flexibility index (Phi) is 3.86. The van der Waals surface area contributed by atoms with E-state index in [4.69, 9.17) is 0 Å². The van der Waals surface area contributed by atoms with Gasteiger partial charge in [-0.25, -0.2) is 17.9 Å². The molecule has 25 heavy (non-hydrogen) atoms. The summed E-state index contributed by atoms with van der Waals surface area (Å²) in [5.74, 6) is -0.109. The van der Waals surface area contributed by atoms with Crippen molar-refractivity contribution < 1.29 is 13.2 Å². The van der Waals surface area contributed by atoms with Crippen LogP contribution in [0.15, 0.2) is 11.1 Å². The molecule has 2 N–H and O–H groups in total. The van der Waals surface area contributed by atoms with Gasteiger partial charge in [-0.15, -0.1) is 0 Å². The van der Waals surface area contributed by atoms with Gasteiger partial charge in [0, 0.05) is 11.9 Å². The fraction of sp³-hybridized carbons (Fsp3) is 0.556. The summed E-state index contributed by atoms with van der Waals surface area (Å²) < 4.78 is 26.4. The van der Waals surface area contributed by atoms with Crippen LogP contribution in [0.3, 0.4) is 0 Å². The third-order valence-corrected chi connectivity index (χ3v) is 6.64. The number of anilines is 1. The highest BCUT2D eigenvalue weighted by Gasteiger charge is 2.32. The van der Waals surface area contributed by atoms with Crippen LogP contribution in [-0.4, -0.2) is 32.0 Å². The molecular formula is C18H23N3O3S. The predicted molar refractivity (Wildman–Crippen MR) is 97.9 cm³/mol. The molecule has 0 saturated carbocycles. The van der Waals surface area contributed by atoms with Crippen molar-refractivity contribution in [3.05, 3.63) is 28.3 Å². The zero-order valence-electron chi connectivity index (χ0n) is 14.4. The zero-order valence-corrected chi connectivity index (χ0v) is 15.2. The summed E-state index contributed by atoms with van der Waals surface area (Å²) >= 11 is 0. The fourth-order valence-corrected chi connectivity index (χ4v) is 5.00. The largest absolute Gasteiger partial charge is 0.332 e. The number of nitrogens with zero attached hydrogens (tertiary/aromatic N) is 1. The molecule has 6 nitrogen and oxygen atoms in total. The van der Waals surface area contributed by atoms with E-state index in [9.17, 15) is 13.2 Å². The minimum Gasteiger partial charge on any atom is -0.307 e. The van der Waals surface area contributed by atoms with Crippen LogP contribution in [0.2, 0.25) is 0 Å². The van der Waals surface area contributed by atoms with Crippen molar-refractivity contribution in [2.45, 2.75) is 57.4 Å². The number of aliphatic imine (C=N–C) groups is 1. The number of urea groups is 1. The Bertz CT molecular complexity index is 836. The van der Waals surface area contributed by atoms with Gasteiger partial charge in [0.05, 0.1) is 11.3 Å². The lowest BCUT2D eigenvalue weighted by Gasteiger charge is -2.17. The lowest BCUT2D eigenvalue weighted by molar-refractivity contribution is 0.256. The third kappa shape index (κ3) is 3.42. The predicted octanol–water partition coefficient (Wildman–Crippen LogP) is 2.35. The topological polar surface area (TPSA) is 87.6 Å². The molecule has 4 rings (SSSR count). The summed E-state index contributed by atoms with van der Waals surface area (Å²) in [4.78, 5) is 16.4. The standard InChI is InChI=1S/C18H23N3O3S/c1-18(11-19-18)8-9-25(23,24)21-17(22)20-16-14-6-2-4-12(14)10-13-5-3-7-15(13)16/h10-11H,2-9H2,1H3,(H2,20,21,22). The molecule has 1 atom stereocenters. The molecule has 134 valence electrons. The highest BCUT2D eigenvalue weighted by molar-refractivity contribution is 7.90. The van der Waals surface area contributed by atoms with E-state index in [1.807, 2.05) is 6.92 Å². The van der Waals surface area contributed by atoms with Crippen molar-refractivity contribution in [3.8, 4) is 0 Å². The van der Waals surface area contributed by atoms with Crippen LogP contribution in [-0.2, 0) is 35.7 Å². The van der Waals surface area contributed by atoms with Crippen LogP contribution in [0, 0.1) is 0 Å². The smallest absolute Gasteiger partial charge is 0.307 e. The number of carbonyl (C=O) groups excluding carboxylic acids is 1. The van der Waals surface area contributed by atoms with Crippen LogP contribution < -0.4 is 10.0 Å². The summed E-state index contributed by atoms with van der Waals surface area (Å²) in [6.45, 7) is 1.87. The van der Waals surface area contributed by atoms with Crippen molar-refractivity contribution in [2.24, 2.45) is 4.99 Å². The maximum absolute atomic E-state index is 12.3. The first kappa shape index (κ1) is 16.6. The first-order chi connectivity index (χ1) is 11.9. The third-order valence-electron chi connectivity index (χ3n) is 5.41. The summed E-state index contributed by atoms with van der Waals surface area (Å²) in [6, 6.07) is 1.62. The number of rotatable bonds is 5. The maximum Gasteiger partial charge on any atom is 0.332 e. The van der Waals surface area contributed by atoms with Gasteiger partial charge >= 0.3 is 6.03 Å². The highest BCUT2D eigenvalue weighted by atomic mass is 32.2. The minimum absolute atomic E-state index is 0.109. The Balaban J connectivity index is 1.48. The van der Waals surface area contributed by atoms with Crippen LogP contribution in [0.25, 0.3) is 0 Å². The van der Waals surface area contributed by atoms with E-state index in [-0.39, 0.29) is 11.3 Å². The molecule has 3 aliphatic rings. The molecular weight excluding hydrogens is 338 g/mol. The Morgan fingerprint density at radius 1 is 1.16 bits per heavy atom. The molecule has 0 spiro atoms. The summed E-state index contributed by atoms with van der Waals surface area (Å²) in [5, 5.41) is 2.85. The molecule has 1 aromatic rings. The number of hydrogen-bond acceptors (Lipinski definition) is 4. The number of aryl methyl sites for hydroxylation is 2. The van der Waals surface area contributed by atoms with Crippen LogP contribution in [0.5, 0.6) is 0 Å². The average molecular weight is 361 g/mol.